The topological polar surface area (TPSA) is 139 Å². The summed E-state index contributed by atoms with van der Waals surface area (Å²) in [6, 6.07) is 18.2. The van der Waals surface area contributed by atoms with Crippen molar-refractivity contribution in [2.45, 2.75) is 26.4 Å². The van der Waals surface area contributed by atoms with Crippen LogP contribution in [0, 0.1) is 11.5 Å². The summed E-state index contributed by atoms with van der Waals surface area (Å²) in [5.74, 6) is 0.246. The van der Waals surface area contributed by atoms with Crippen LogP contribution in [0.4, 0.5) is 16.3 Å². The molecular weight excluding hydrogens is 508 g/mol. The second-order valence-electron chi connectivity index (χ2n) is 8.20. The Morgan fingerprint density at radius 3 is 2.47 bits per heavy atom. The van der Waals surface area contributed by atoms with Gasteiger partial charge in [0, 0.05) is 49.9 Å². The van der Waals surface area contributed by atoms with Crippen LogP contribution in [0.1, 0.15) is 25.5 Å². The van der Waals surface area contributed by atoms with Gasteiger partial charge in [-0.2, -0.15) is 15.4 Å². The number of amides is 2. The number of nitrogens with zero attached hydrogens (tertiary/aromatic N) is 6. The molecule has 1 fully saturated rings. The zero-order valence-corrected chi connectivity index (χ0v) is 21.8. The Morgan fingerprint density at radius 2 is 1.84 bits per heavy atom. The Hall–Kier alpha value is -4.56. The summed E-state index contributed by atoms with van der Waals surface area (Å²) >= 11 is 5.97. The molecule has 4 rings (SSSR count). The molecule has 0 spiro atoms. The normalized spacial score (nSPS) is 15.1. The van der Waals surface area contributed by atoms with Crippen LogP contribution in [0.2, 0.25) is 5.02 Å². The number of rotatable bonds is 4. The number of hydrogen-bond acceptors (Lipinski definition) is 5. The van der Waals surface area contributed by atoms with Crippen LogP contribution in [0.3, 0.4) is 0 Å². The van der Waals surface area contributed by atoms with Gasteiger partial charge < -0.3 is 20.2 Å². The number of aliphatic imine (C=N–C) groups is 1. The molecule has 38 heavy (non-hydrogen) atoms. The van der Waals surface area contributed by atoms with E-state index >= 15 is 0 Å². The summed E-state index contributed by atoms with van der Waals surface area (Å²) in [6.45, 7) is 5.14. The Bertz CT molecular complexity index is 1280. The second-order valence-corrected chi connectivity index (χ2v) is 8.64. The van der Waals surface area contributed by atoms with Gasteiger partial charge in [-0.3, -0.25) is 10.1 Å². The average molecular weight is 537 g/mol. The van der Waals surface area contributed by atoms with Crippen LogP contribution >= 0.6 is 11.6 Å². The molecule has 0 saturated carbocycles. The smallest absolute Gasteiger partial charge is 0.322 e. The van der Waals surface area contributed by atoms with Gasteiger partial charge in [0.1, 0.15) is 0 Å². The molecule has 1 aliphatic rings. The Kier molecular flexibility index (Phi) is 10.1. The average Bonchev–Trinajstić information content (AvgIpc) is 3.37. The number of guanidine groups is 1. The number of anilines is 1. The molecule has 2 heterocycles. The summed E-state index contributed by atoms with van der Waals surface area (Å²) in [7, 11) is 0. The van der Waals surface area contributed by atoms with Crippen molar-refractivity contribution in [1.29, 1.82) is 5.26 Å². The number of carbonyl (C=O) groups is 2. The van der Waals surface area contributed by atoms with Gasteiger partial charge in [-0.15, -0.1) is 0 Å². The zero-order valence-electron chi connectivity index (χ0n) is 21.1. The van der Waals surface area contributed by atoms with E-state index < -0.39 is 5.97 Å². The van der Waals surface area contributed by atoms with Crippen molar-refractivity contribution in [3.05, 3.63) is 77.4 Å². The van der Waals surface area contributed by atoms with Crippen LogP contribution < -0.4 is 10.6 Å². The van der Waals surface area contributed by atoms with Gasteiger partial charge in [-0.05, 0) is 36.8 Å². The van der Waals surface area contributed by atoms with Crippen molar-refractivity contribution in [2.24, 2.45) is 4.99 Å². The lowest BCUT2D eigenvalue weighted by atomic mass is 10.0. The van der Waals surface area contributed by atoms with E-state index in [2.05, 4.69) is 20.7 Å². The zero-order chi connectivity index (χ0) is 27.5. The summed E-state index contributed by atoms with van der Waals surface area (Å²) in [5.41, 5.74) is 1.67. The Labute approximate surface area is 225 Å². The maximum Gasteiger partial charge on any atom is 0.322 e. The predicted molar refractivity (Wildman–Crippen MR) is 145 cm³/mol. The van der Waals surface area contributed by atoms with Gasteiger partial charge in [-0.1, -0.05) is 41.9 Å². The molecular formula is C26H29ClN8O3. The molecule has 2 amide bonds. The van der Waals surface area contributed by atoms with E-state index in [4.69, 9.17) is 21.5 Å². The lowest BCUT2D eigenvalue weighted by Crippen LogP contribution is -2.55. The summed E-state index contributed by atoms with van der Waals surface area (Å²) in [6.07, 6.45) is 3.66. The van der Waals surface area contributed by atoms with Gasteiger partial charge in [0.2, 0.25) is 5.96 Å². The number of carboxylic acids is 1. The number of carboxylic acid groups (broad SMARTS) is 1. The van der Waals surface area contributed by atoms with Crippen LogP contribution in [0.15, 0.2) is 71.9 Å². The van der Waals surface area contributed by atoms with E-state index in [1.807, 2.05) is 48.3 Å². The van der Waals surface area contributed by atoms with Gasteiger partial charge >= 0.3 is 6.03 Å². The van der Waals surface area contributed by atoms with Crippen molar-refractivity contribution in [3.63, 3.8) is 0 Å². The van der Waals surface area contributed by atoms with Crippen LogP contribution in [0.25, 0.3) is 0 Å². The summed E-state index contributed by atoms with van der Waals surface area (Å²) < 4.78 is 1.75. The minimum Gasteiger partial charge on any atom is -0.481 e. The fourth-order valence-electron chi connectivity index (χ4n) is 3.91. The fourth-order valence-corrected chi connectivity index (χ4v) is 4.03. The van der Waals surface area contributed by atoms with E-state index in [9.17, 15) is 10.1 Å². The number of hydrogen-bond donors (Lipinski definition) is 3. The highest BCUT2D eigenvalue weighted by atomic mass is 35.5. The standard InChI is InChI=1S/C24H25ClN8O.C2H4O2/c1-2-33-22(12-13-28-33)30-23(27-17-26)31-14-15-32(21(16-31)18-6-4-3-5-7-18)24(34)29-20-10-8-19(25)9-11-20;1-2(3)4/h3-13,21H,2,14-16H2,1H3,(H,27,30)(H,29,34);1H3,(H,3,4). The third kappa shape index (κ3) is 7.72. The van der Waals surface area contributed by atoms with E-state index in [1.54, 1.807) is 46.1 Å². The first-order chi connectivity index (χ1) is 18.3. The van der Waals surface area contributed by atoms with Crippen molar-refractivity contribution in [2.75, 3.05) is 25.0 Å². The molecule has 1 unspecified atom stereocenters. The molecule has 1 atom stereocenters. The molecule has 0 aliphatic carbocycles. The van der Waals surface area contributed by atoms with E-state index in [1.165, 1.54) is 0 Å². The number of nitrogens with one attached hydrogen (secondary N) is 2. The Morgan fingerprint density at radius 1 is 1.16 bits per heavy atom. The molecule has 12 heteroatoms. The Balaban J connectivity index is 0.000000934. The van der Waals surface area contributed by atoms with Crippen molar-refractivity contribution in [3.8, 4) is 6.19 Å². The number of piperazine rings is 1. The first kappa shape index (κ1) is 28.0. The monoisotopic (exact) mass is 536 g/mol. The number of halogens is 1. The van der Waals surface area contributed by atoms with Crippen molar-refractivity contribution in [1.82, 2.24) is 24.9 Å². The number of aromatic nitrogens is 2. The highest BCUT2D eigenvalue weighted by molar-refractivity contribution is 6.30. The summed E-state index contributed by atoms with van der Waals surface area (Å²) in [5, 5.41) is 27.3. The first-order valence-electron chi connectivity index (χ1n) is 11.9. The first-order valence-corrected chi connectivity index (χ1v) is 12.3. The van der Waals surface area contributed by atoms with Gasteiger partial charge in [0.25, 0.3) is 5.97 Å². The number of aryl methyl sites for hydroxylation is 1. The second kappa shape index (κ2) is 13.7. The lowest BCUT2D eigenvalue weighted by molar-refractivity contribution is -0.134. The molecule has 2 aromatic carbocycles. The molecule has 0 bridgehead atoms. The predicted octanol–water partition coefficient (Wildman–Crippen LogP) is 4.30. The van der Waals surface area contributed by atoms with Crippen molar-refractivity contribution >= 4 is 41.1 Å². The molecule has 1 saturated heterocycles. The third-order valence-corrected chi connectivity index (χ3v) is 5.85. The van der Waals surface area contributed by atoms with E-state index in [0.717, 1.165) is 12.5 Å². The number of urea groups is 1. The van der Waals surface area contributed by atoms with E-state index in [-0.39, 0.29) is 12.1 Å². The molecule has 1 aromatic heterocycles. The number of nitriles is 1. The fraction of sp³-hybridized carbons (Fsp3) is 0.269. The maximum atomic E-state index is 13.2. The van der Waals surface area contributed by atoms with Gasteiger partial charge in [0.05, 0.1) is 12.2 Å². The molecule has 11 nitrogen and oxygen atoms in total. The number of aliphatic carboxylic acids is 1. The summed E-state index contributed by atoms with van der Waals surface area (Å²) in [4.78, 5) is 30.7. The number of carbonyl (C=O) groups excluding carboxylic acids is 1. The quantitative estimate of drug-likeness (QED) is 0.195. The minimum atomic E-state index is -0.833. The largest absolute Gasteiger partial charge is 0.481 e. The molecule has 198 valence electrons. The third-order valence-electron chi connectivity index (χ3n) is 5.60. The highest BCUT2D eigenvalue weighted by Gasteiger charge is 2.33. The highest BCUT2D eigenvalue weighted by Crippen LogP contribution is 2.27. The molecule has 3 aromatic rings. The van der Waals surface area contributed by atoms with Gasteiger partial charge in [-0.25, -0.2) is 9.48 Å². The van der Waals surface area contributed by atoms with E-state index in [0.29, 0.717) is 48.7 Å². The van der Waals surface area contributed by atoms with Crippen LogP contribution in [-0.4, -0.2) is 62.3 Å². The molecule has 1 aliphatic heterocycles. The minimum absolute atomic E-state index is 0.202. The number of benzene rings is 2. The maximum absolute atomic E-state index is 13.2. The SMILES string of the molecule is CC(=O)O.CCn1nccc1N=C(NC#N)N1CCN(C(=O)Nc2ccc(Cl)cc2)C(c2ccccc2)C1. The lowest BCUT2D eigenvalue weighted by Gasteiger charge is -2.42. The molecule has 0 radical (unpaired) electrons. The molecule has 3 N–H and O–H groups in total. The van der Waals surface area contributed by atoms with Crippen molar-refractivity contribution < 1.29 is 14.7 Å². The van der Waals surface area contributed by atoms with Crippen LogP contribution in [-0.2, 0) is 11.3 Å². The van der Waals surface area contributed by atoms with Gasteiger partial charge in [0.15, 0.2) is 12.0 Å². The van der Waals surface area contributed by atoms with Crippen LogP contribution in [0.5, 0.6) is 0 Å².